The van der Waals surface area contributed by atoms with E-state index in [4.69, 9.17) is 26.8 Å². The molecule has 0 aliphatic rings. The van der Waals surface area contributed by atoms with Crippen molar-refractivity contribution >= 4 is 11.6 Å². The molecular formula is C16H26ClNO3. The average molecular weight is 316 g/mol. The normalized spacial score (nSPS) is 13.8. The highest BCUT2D eigenvalue weighted by Crippen LogP contribution is 2.35. The third kappa shape index (κ3) is 5.06. The summed E-state index contributed by atoms with van der Waals surface area (Å²) in [4.78, 5) is 0. The molecule has 1 aromatic carbocycles. The first-order valence-electron chi connectivity index (χ1n) is 7.46. The second kappa shape index (κ2) is 9.13. The maximum Gasteiger partial charge on any atom is 0.162 e. The van der Waals surface area contributed by atoms with E-state index in [9.17, 15) is 5.11 Å². The van der Waals surface area contributed by atoms with E-state index in [1.807, 2.05) is 19.9 Å². The van der Waals surface area contributed by atoms with Gasteiger partial charge in [-0.05, 0) is 50.3 Å². The number of aliphatic hydroxyl groups excluding tert-OH is 1. The van der Waals surface area contributed by atoms with Gasteiger partial charge in [0.2, 0.25) is 0 Å². The molecule has 5 heteroatoms. The Morgan fingerprint density at radius 2 is 1.76 bits per heavy atom. The minimum atomic E-state index is 0.0724. The fraction of sp³-hybridized carbons (Fsp3) is 0.625. The van der Waals surface area contributed by atoms with Crippen LogP contribution in [-0.4, -0.2) is 31.5 Å². The van der Waals surface area contributed by atoms with Crippen LogP contribution in [0.25, 0.3) is 0 Å². The van der Waals surface area contributed by atoms with Gasteiger partial charge in [-0.2, -0.15) is 0 Å². The van der Waals surface area contributed by atoms with Crippen molar-refractivity contribution in [2.45, 2.75) is 27.2 Å². The Balaban J connectivity index is 2.98. The van der Waals surface area contributed by atoms with Crippen LogP contribution in [0.5, 0.6) is 11.5 Å². The molecule has 2 unspecified atom stereocenters. The van der Waals surface area contributed by atoms with E-state index < -0.39 is 0 Å². The maximum absolute atomic E-state index is 9.34. The van der Waals surface area contributed by atoms with Crippen LogP contribution in [0.4, 0.5) is 0 Å². The molecule has 0 bridgehead atoms. The minimum absolute atomic E-state index is 0.0724. The Morgan fingerprint density at radius 1 is 1.19 bits per heavy atom. The Morgan fingerprint density at radius 3 is 2.24 bits per heavy atom. The van der Waals surface area contributed by atoms with Crippen molar-refractivity contribution in [2.75, 3.05) is 26.4 Å². The summed E-state index contributed by atoms with van der Waals surface area (Å²) in [5.74, 6) is 1.69. The van der Waals surface area contributed by atoms with Gasteiger partial charge in [-0.15, -0.1) is 0 Å². The van der Waals surface area contributed by atoms with Crippen LogP contribution >= 0.6 is 11.6 Å². The average Bonchev–Trinajstić information content (AvgIpc) is 2.45. The topological polar surface area (TPSA) is 64.7 Å². The van der Waals surface area contributed by atoms with Crippen LogP contribution in [0.1, 0.15) is 26.3 Å². The minimum Gasteiger partial charge on any atom is -0.490 e. The molecule has 0 aliphatic heterocycles. The number of nitrogens with two attached hydrogens (primary N) is 1. The van der Waals surface area contributed by atoms with Crippen LogP contribution < -0.4 is 15.2 Å². The molecule has 1 aromatic rings. The van der Waals surface area contributed by atoms with Gasteiger partial charge in [0.25, 0.3) is 0 Å². The summed E-state index contributed by atoms with van der Waals surface area (Å²) in [6.07, 6.45) is 0.744. The first-order chi connectivity index (χ1) is 10.1. The molecule has 120 valence electrons. The number of rotatable bonds is 9. The zero-order valence-corrected chi connectivity index (χ0v) is 13.8. The lowest BCUT2D eigenvalue weighted by molar-refractivity contribution is 0.187. The zero-order valence-electron chi connectivity index (χ0n) is 13.1. The smallest absolute Gasteiger partial charge is 0.162 e. The molecule has 0 fully saturated rings. The fourth-order valence-corrected chi connectivity index (χ4v) is 2.50. The van der Waals surface area contributed by atoms with Crippen LogP contribution in [0.2, 0.25) is 5.02 Å². The van der Waals surface area contributed by atoms with Gasteiger partial charge in [0, 0.05) is 17.7 Å². The second-order valence-electron chi connectivity index (χ2n) is 5.12. The molecule has 2 atom stereocenters. The van der Waals surface area contributed by atoms with Crippen molar-refractivity contribution in [1.82, 2.24) is 0 Å². The van der Waals surface area contributed by atoms with Crippen LogP contribution in [0.3, 0.4) is 0 Å². The monoisotopic (exact) mass is 315 g/mol. The van der Waals surface area contributed by atoms with E-state index in [1.165, 1.54) is 0 Å². The standard InChI is InChI=1S/C16H26ClNO3/c1-4-20-15-7-12(6-11(3)13(9-18)10-19)14(17)8-16(15)21-5-2/h7-8,11,13,19H,4-6,9-10,18H2,1-3H3. The van der Waals surface area contributed by atoms with Crippen molar-refractivity contribution in [3.63, 3.8) is 0 Å². The summed E-state index contributed by atoms with van der Waals surface area (Å²) in [5, 5.41) is 9.99. The Hall–Kier alpha value is -0.970. The highest BCUT2D eigenvalue weighted by molar-refractivity contribution is 6.31. The fourth-order valence-electron chi connectivity index (χ4n) is 2.27. The highest BCUT2D eigenvalue weighted by Gasteiger charge is 2.18. The van der Waals surface area contributed by atoms with E-state index >= 15 is 0 Å². The molecule has 0 spiro atoms. The number of hydrogen-bond donors (Lipinski definition) is 2. The number of halogens is 1. The zero-order chi connectivity index (χ0) is 15.8. The summed E-state index contributed by atoms with van der Waals surface area (Å²) in [5.41, 5.74) is 6.67. The molecule has 0 saturated carbocycles. The highest BCUT2D eigenvalue weighted by atomic mass is 35.5. The van der Waals surface area contributed by atoms with E-state index in [0.717, 1.165) is 12.0 Å². The molecular weight excluding hydrogens is 290 g/mol. The van der Waals surface area contributed by atoms with Crippen molar-refractivity contribution in [2.24, 2.45) is 17.6 Å². The summed E-state index contributed by atoms with van der Waals surface area (Å²) in [7, 11) is 0. The second-order valence-corrected chi connectivity index (χ2v) is 5.52. The van der Waals surface area contributed by atoms with E-state index in [-0.39, 0.29) is 18.4 Å². The van der Waals surface area contributed by atoms with Crippen molar-refractivity contribution in [3.05, 3.63) is 22.7 Å². The van der Waals surface area contributed by atoms with Gasteiger partial charge in [-0.25, -0.2) is 0 Å². The van der Waals surface area contributed by atoms with Crippen molar-refractivity contribution in [1.29, 1.82) is 0 Å². The van der Waals surface area contributed by atoms with Gasteiger partial charge < -0.3 is 20.3 Å². The Bertz CT molecular complexity index is 436. The lowest BCUT2D eigenvalue weighted by Crippen LogP contribution is -2.26. The summed E-state index contributed by atoms with van der Waals surface area (Å²) >= 11 is 6.34. The van der Waals surface area contributed by atoms with Crippen molar-refractivity contribution < 1.29 is 14.6 Å². The number of aliphatic hydroxyl groups is 1. The lowest BCUT2D eigenvalue weighted by atomic mass is 9.89. The number of hydrogen-bond acceptors (Lipinski definition) is 4. The van der Waals surface area contributed by atoms with Gasteiger partial charge in [0.15, 0.2) is 11.5 Å². The van der Waals surface area contributed by atoms with Gasteiger partial charge in [0.05, 0.1) is 13.2 Å². The summed E-state index contributed by atoms with van der Waals surface area (Å²) in [6.45, 7) is 7.61. The Labute approximate surface area is 132 Å². The summed E-state index contributed by atoms with van der Waals surface area (Å²) in [6, 6.07) is 3.73. The van der Waals surface area contributed by atoms with Gasteiger partial charge in [0.1, 0.15) is 0 Å². The quantitative estimate of drug-likeness (QED) is 0.735. The van der Waals surface area contributed by atoms with Crippen LogP contribution in [0, 0.1) is 11.8 Å². The largest absolute Gasteiger partial charge is 0.490 e. The predicted octanol–water partition coefficient (Wildman–Crippen LogP) is 2.88. The molecule has 4 nitrogen and oxygen atoms in total. The molecule has 0 saturated heterocycles. The summed E-state index contributed by atoms with van der Waals surface area (Å²) < 4.78 is 11.2. The maximum atomic E-state index is 9.34. The molecule has 1 rings (SSSR count). The van der Waals surface area contributed by atoms with Gasteiger partial charge in [-0.3, -0.25) is 0 Å². The van der Waals surface area contributed by atoms with E-state index in [1.54, 1.807) is 6.07 Å². The molecule has 0 radical (unpaired) electrons. The first kappa shape index (κ1) is 18.1. The predicted molar refractivity (Wildman–Crippen MR) is 86.3 cm³/mol. The van der Waals surface area contributed by atoms with Crippen molar-refractivity contribution in [3.8, 4) is 11.5 Å². The number of ether oxygens (including phenoxy) is 2. The molecule has 3 N–H and O–H groups in total. The Kier molecular flexibility index (Phi) is 7.86. The SMILES string of the molecule is CCOc1cc(Cl)c(CC(C)C(CN)CO)cc1OCC. The first-order valence-corrected chi connectivity index (χ1v) is 7.83. The third-order valence-corrected chi connectivity index (χ3v) is 3.95. The molecule has 0 aliphatic carbocycles. The van der Waals surface area contributed by atoms with Crippen LogP contribution in [0.15, 0.2) is 12.1 Å². The molecule has 0 heterocycles. The van der Waals surface area contributed by atoms with Crippen LogP contribution in [-0.2, 0) is 6.42 Å². The number of benzene rings is 1. The van der Waals surface area contributed by atoms with Gasteiger partial charge >= 0.3 is 0 Å². The third-order valence-electron chi connectivity index (χ3n) is 3.60. The molecule has 0 aromatic heterocycles. The molecule has 21 heavy (non-hydrogen) atoms. The van der Waals surface area contributed by atoms with E-state index in [2.05, 4.69) is 6.92 Å². The van der Waals surface area contributed by atoms with Gasteiger partial charge in [-0.1, -0.05) is 18.5 Å². The molecule has 0 amide bonds. The van der Waals surface area contributed by atoms with E-state index in [0.29, 0.717) is 36.3 Å². The lowest BCUT2D eigenvalue weighted by Gasteiger charge is -2.21.